The van der Waals surface area contributed by atoms with Crippen LogP contribution in [0, 0.1) is 0 Å². The molecule has 1 aromatic rings. The molecule has 80 valence electrons. The van der Waals surface area contributed by atoms with Crippen molar-refractivity contribution in [3.05, 3.63) is 35.4 Å². The number of amides is 1. The van der Waals surface area contributed by atoms with Gasteiger partial charge in [0.05, 0.1) is 0 Å². The molecule has 15 heavy (non-hydrogen) atoms. The smallest absolute Gasteiger partial charge is 0.239 e. The summed E-state index contributed by atoms with van der Waals surface area (Å²) < 4.78 is 0. The topological polar surface area (TPSA) is 55.1 Å². The van der Waals surface area contributed by atoms with Crippen LogP contribution in [0.15, 0.2) is 24.3 Å². The predicted octanol–water partition coefficient (Wildman–Crippen LogP) is 1.09. The molecule has 0 aliphatic carbocycles. The highest BCUT2D eigenvalue weighted by Crippen LogP contribution is 2.33. The van der Waals surface area contributed by atoms with Crippen molar-refractivity contribution >= 4 is 5.91 Å². The lowest BCUT2D eigenvalue weighted by molar-refractivity contribution is -0.120. The highest BCUT2D eigenvalue weighted by molar-refractivity contribution is 5.82. The van der Waals surface area contributed by atoms with Gasteiger partial charge in [0.15, 0.2) is 0 Å². The average molecular weight is 204 g/mol. The van der Waals surface area contributed by atoms with Gasteiger partial charge in [0, 0.05) is 12.0 Å². The SMILES string of the molecule is CC1(C)CNC(C(N)=O)c2ccccc21. The van der Waals surface area contributed by atoms with Crippen LogP contribution < -0.4 is 11.1 Å². The maximum atomic E-state index is 11.3. The van der Waals surface area contributed by atoms with E-state index in [2.05, 4.69) is 25.2 Å². The van der Waals surface area contributed by atoms with E-state index in [1.807, 2.05) is 18.2 Å². The van der Waals surface area contributed by atoms with E-state index in [4.69, 9.17) is 5.73 Å². The molecule has 1 unspecified atom stereocenters. The summed E-state index contributed by atoms with van der Waals surface area (Å²) in [5.74, 6) is -0.307. The van der Waals surface area contributed by atoms with E-state index >= 15 is 0 Å². The Kier molecular flexibility index (Phi) is 2.27. The van der Waals surface area contributed by atoms with Crippen LogP contribution in [0.25, 0.3) is 0 Å². The monoisotopic (exact) mass is 204 g/mol. The minimum absolute atomic E-state index is 0.0581. The van der Waals surface area contributed by atoms with E-state index in [0.29, 0.717) is 0 Å². The maximum absolute atomic E-state index is 11.3. The van der Waals surface area contributed by atoms with E-state index in [9.17, 15) is 4.79 Å². The van der Waals surface area contributed by atoms with E-state index < -0.39 is 0 Å². The minimum Gasteiger partial charge on any atom is -0.368 e. The van der Waals surface area contributed by atoms with Gasteiger partial charge in [-0.05, 0) is 11.1 Å². The molecule has 0 saturated carbocycles. The summed E-state index contributed by atoms with van der Waals surface area (Å²) in [5, 5.41) is 3.19. The number of rotatable bonds is 1. The molecule has 1 aromatic carbocycles. The van der Waals surface area contributed by atoms with Gasteiger partial charge < -0.3 is 11.1 Å². The van der Waals surface area contributed by atoms with Crippen LogP contribution in [0.2, 0.25) is 0 Å². The van der Waals surface area contributed by atoms with Gasteiger partial charge in [0.25, 0.3) is 0 Å². The third-order valence-corrected chi connectivity index (χ3v) is 3.03. The standard InChI is InChI=1S/C12H16N2O/c1-12(2)7-14-10(11(13)15)8-5-3-4-6-9(8)12/h3-6,10,14H,7H2,1-2H3,(H2,13,15). The van der Waals surface area contributed by atoms with Gasteiger partial charge in [0.1, 0.15) is 6.04 Å². The lowest BCUT2D eigenvalue weighted by Crippen LogP contribution is -2.46. The van der Waals surface area contributed by atoms with Crippen molar-refractivity contribution in [3.63, 3.8) is 0 Å². The zero-order valence-electron chi connectivity index (χ0n) is 9.08. The average Bonchev–Trinajstić information content (AvgIpc) is 2.17. The van der Waals surface area contributed by atoms with Crippen LogP contribution in [-0.2, 0) is 10.2 Å². The molecule has 1 amide bonds. The molecule has 0 fully saturated rings. The highest BCUT2D eigenvalue weighted by atomic mass is 16.1. The summed E-state index contributed by atoms with van der Waals surface area (Å²) in [6.07, 6.45) is 0. The van der Waals surface area contributed by atoms with Crippen LogP contribution in [0.3, 0.4) is 0 Å². The second kappa shape index (κ2) is 3.35. The van der Waals surface area contributed by atoms with E-state index in [-0.39, 0.29) is 17.4 Å². The van der Waals surface area contributed by atoms with Gasteiger partial charge in [-0.1, -0.05) is 38.1 Å². The summed E-state index contributed by atoms with van der Waals surface area (Å²) in [6, 6.07) is 7.65. The van der Waals surface area contributed by atoms with E-state index in [1.54, 1.807) is 0 Å². The first kappa shape index (κ1) is 10.2. The Morgan fingerprint density at radius 2 is 2.13 bits per heavy atom. The highest BCUT2D eigenvalue weighted by Gasteiger charge is 2.33. The zero-order valence-corrected chi connectivity index (χ0v) is 9.08. The minimum atomic E-state index is -0.339. The molecule has 3 heteroatoms. The number of nitrogens with two attached hydrogens (primary N) is 1. The first-order valence-electron chi connectivity index (χ1n) is 5.14. The summed E-state index contributed by atoms with van der Waals surface area (Å²) in [6.45, 7) is 5.10. The normalized spacial score (nSPS) is 23.2. The molecular weight excluding hydrogens is 188 g/mol. The number of fused-ring (bicyclic) bond motifs is 1. The molecule has 0 bridgehead atoms. The van der Waals surface area contributed by atoms with Crippen molar-refractivity contribution in [2.75, 3.05) is 6.54 Å². The van der Waals surface area contributed by atoms with Crippen LogP contribution in [0.5, 0.6) is 0 Å². The van der Waals surface area contributed by atoms with Crippen molar-refractivity contribution in [2.24, 2.45) is 5.73 Å². The largest absolute Gasteiger partial charge is 0.368 e. The lowest BCUT2D eigenvalue weighted by atomic mass is 9.76. The van der Waals surface area contributed by atoms with Gasteiger partial charge in [-0.25, -0.2) is 0 Å². The fourth-order valence-electron chi connectivity index (χ4n) is 2.18. The van der Waals surface area contributed by atoms with Crippen molar-refractivity contribution in [1.29, 1.82) is 0 Å². The molecule has 1 aliphatic rings. The summed E-state index contributed by atoms with van der Waals surface area (Å²) >= 11 is 0. The van der Waals surface area contributed by atoms with Gasteiger partial charge in [-0.2, -0.15) is 0 Å². The van der Waals surface area contributed by atoms with Gasteiger partial charge >= 0.3 is 0 Å². The van der Waals surface area contributed by atoms with Crippen LogP contribution in [0.1, 0.15) is 31.0 Å². The Labute approximate surface area is 89.7 Å². The maximum Gasteiger partial charge on any atom is 0.239 e. The lowest BCUT2D eigenvalue weighted by Gasteiger charge is -2.36. The Bertz CT molecular complexity index is 398. The van der Waals surface area contributed by atoms with Crippen molar-refractivity contribution in [2.45, 2.75) is 25.3 Å². The Morgan fingerprint density at radius 3 is 2.80 bits per heavy atom. The molecule has 1 atom stereocenters. The van der Waals surface area contributed by atoms with E-state index in [0.717, 1.165) is 12.1 Å². The van der Waals surface area contributed by atoms with Gasteiger partial charge in [-0.15, -0.1) is 0 Å². The van der Waals surface area contributed by atoms with Crippen LogP contribution in [-0.4, -0.2) is 12.5 Å². The van der Waals surface area contributed by atoms with Crippen LogP contribution >= 0.6 is 0 Å². The molecule has 1 aliphatic heterocycles. The third-order valence-electron chi connectivity index (χ3n) is 3.03. The molecule has 2 rings (SSSR count). The number of carbonyl (C=O) groups is 1. The summed E-state index contributed by atoms with van der Waals surface area (Å²) in [4.78, 5) is 11.3. The Hall–Kier alpha value is -1.35. The summed E-state index contributed by atoms with van der Waals surface area (Å²) in [7, 11) is 0. The Balaban J connectivity index is 2.53. The van der Waals surface area contributed by atoms with E-state index in [1.165, 1.54) is 5.56 Å². The third kappa shape index (κ3) is 1.63. The number of benzene rings is 1. The zero-order chi connectivity index (χ0) is 11.1. The molecule has 0 spiro atoms. The quantitative estimate of drug-likeness (QED) is 0.719. The first-order valence-corrected chi connectivity index (χ1v) is 5.14. The number of primary amides is 1. The molecule has 1 heterocycles. The number of hydrogen-bond acceptors (Lipinski definition) is 2. The number of carbonyl (C=O) groups excluding carboxylic acids is 1. The molecule has 3 nitrogen and oxygen atoms in total. The molecular formula is C12H16N2O. The first-order chi connectivity index (χ1) is 7.02. The fraction of sp³-hybridized carbons (Fsp3) is 0.417. The van der Waals surface area contributed by atoms with Crippen molar-refractivity contribution < 1.29 is 4.79 Å². The summed E-state index contributed by atoms with van der Waals surface area (Å²) in [5.41, 5.74) is 7.66. The fourth-order valence-corrected chi connectivity index (χ4v) is 2.18. The molecule has 3 N–H and O–H groups in total. The Morgan fingerprint density at radius 1 is 1.47 bits per heavy atom. The van der Waals surface area contributed by atoms with Gasteiger partial charge in [-0.3, -0.25) is 4.79 Å². The number of hydrogen-bond donors (Lipinski definition) is 2. The van der Waals surface area contributed by atoms with Crippen molar-refractivity contribution in [1.82, 2.24) is 5.32 Å². The molecule has 0 saturated heterocycles. The van der Waals surface area contributed by atoms with Crippen LogP contribution in [0.4, 0.5) is 0 Å². The predicted molar refractivity (Wildman–Crippen MR) is 59.4 cm³/mol. The molecule has 0 aromatic heterocycles. The second-order valence-corrected chi connectivity index (χ2v) is 4.69. The number of nitrogens with one attached hydrogen (secondary N) is 1. The van der Waals surface area contributed by atoms with Gasteiger partial charge in [0.2, 0.25) is 5.91 Å². The second-order valence-electron chi connectivity index (χ2n) is 4.69. The molecule has 0 radical (unpaired) electrons. The van der Waals surface area contributed by atoms with Crippen molar-refractivity contribution in [3.8, 4) is 0 Å².